The lowest BCUT2D eigenvalue weighted by Gasteiger charge is -2.06. The summed E-state index contributed by atoms with van der Waals surface area (Å²) in [5.74, 6) is -0.125. The van der Waals surface area contributed by atoms with Crippen molar-refractivity contribution in [2.45, 2.75) is 13.0 Å². The maximum Gasteiger partial charge on any atom is 0.323 e. The van der Waals surface area contributed by atoms with Gasteiger partial charge in [0.15, 0.2) is 0 Å². The third-order valence-electron chi connectivity index (χ3n) is 4.02. The van der Waals surface area contributed by atoms with Crippen molar-refractivity contribution in [3.8, 4) is 0 Å². The number of nitrogens with one attached hydrogen (secondary N) is 5. The topological polar surface area (TPSA) is 126 Å². The van der Waals surface area contributed by atoms with Gasteiger partial charge in [-0.3, -0.25) is 4.79 Å². The van der Waals surface area contributed by atoms with Crippen molar-refractivity contribution in [3.05, 3.63) is 68.5 Å². The van der Waals surface area contributed by atoms with E-state index in [-0.39, 0.29) is 23.7 Å². The number of carbonyl (C=O) groups excluding carboxylic acids is 1. The molecule has 8 heteroatoms. The second-order valence-electron chi connectivity index (χ2n) is 5.87. The van der Waals surface area contributed by atoms with Gasteiger partial charge in [-0.1, -0.05) is 12.1 Å². The van der Waals surface area contributed by atoms with Crippen LogP contribution in [0.15, 0.2) is 46.0 Å². The second-order valence-corrected chi connectivity index (χ2v) is 5.87. The first kappa shape index (κ1) is 15.0. The largest absolute Gasteiger partial charge is 0.352 e. The molecule has 0 saturated heterocycles. The van der Waals surface area contributed by atoms with Crippen LogP contribution in [0.5, 0.6) is 0 Å². The van der Waals surface area contributed by atoms with Crippen LogP contribution in [0.1, 0.15) is 11.1 Å². The van der Waals surface area contributed by atoms with Crippen LogP contribution in [0.3, 0.4) is 0 Å². The summed E-state index contributed by atoms with van der Waals surface area (Å²) in [5.41, 5.74) is 4.00. The molecule has 2 aromatic carbocycles. The van der Waals surface area contributed by atoms with Crippen molar-refractivity contribution < 1.29 is 4.79 Å². The molecule has 0 aliphatic heterocycles. The zero-order valence-corrected chi connectivity index (χ0v) is 13.1. The highest BCUT2D eigenvalue weighted by molar-refractivity contribution is 5.81. The van der Waals surface area contributed by atoms with Gasteiger partial charge in [0.25, 0.3) is 0 Å². The van der Waals surface area contributed by atoms with Crippen LogP contribution >= 0.6 is 0 Å². The van der Waals surface area contributed by atoms with E-state index < -0.39 is 0 Å². The first-order chi connectivity index (χ1) is 12.1. The van der Waals surface area contributed by atoms with Crippen LogP contribution in [0.2, 0.25) is 0 Å². The van der Waals surface area contributed by atoms with E-state index in [2.05, 4.69) is 25.3 Å². The quantitative estimate of drug-likeness (QED) is 0.379. The van der Waals surface area contributed by atoms with E-state index in [1.807, 2.05) is 18.2 Å². The highest BCUT2D eigenvalue weighted by Crippen LogP contribution is 2.12. The van der Waals surface area contributed by atoms with Gasteiger partial charge in [-0.15, -0.1) is 0 Å². The van der Waals surface area contributed by atoms with Gasteiger partial charge in [0.05, 0.1) is 28.5 Å². The predicted octanol–water partition coefficient (Wildman–Crippen LogP) is 0.885. The van der Waals surface area contributed by atoms with E-state index >= 15 is 0 Å². The Balaban J connectivity index is 1.43. The molecule has 8 nitrogen and oxygen atoms in total. The summed E-state index contributed by atoms with van der Waals surface area (Å²) in [5, 5.41) is 2.85. The number of carbonyl (C=O) groups is 1. The Hall–Kier alpha value is -3.55. The van der Waals surface area contributed by atoms with Crippen molar-refractivity contribution in [1.29, 1.82) is 0 Å². The number of hydrogen-bond acceptors (Lipinski definition) is 3. The van der Waals surface area contributed by atoms with Gasteiger partial charge < -0.3 is 25.3 Å². The lowest BCUT2D eigenvalue weighted by atomic mass is 10.1. The highest BCUT2D eigenvalue weighted by Gasteiger charge is 2.06. The first-order valence-corrected chi connectivity index (χ1v) is 7.75. The smallest absolute Gasteiger partial charge is 0.323 e. The molecule has 1 amide bonds. The Labute approximate surface area is 140 Å². The zero-order chi connectivity index (χ0) is 17.4. The zero-order valence-electron chi connectivity index (χ0n) is 13.1. The van der Waals surface area contributed by atoms with Crippen molar-refractivity contribution in [3.63, 3.8) is 0 Å². The number of rotatable bonds is 4. The number of fused-ring (bicyclic) bond motifs is 2. The maximum atomic E-state index is 12.1. The molecule has 4 rings (SSSR count). The summed E-state index contributed by atoms with van der Waals surface area (Å²) in [6, 6.07) is 10.8. The summed E-state index contributed by atoms with van der Waals surface area (Å²) >= 11 is 0. The van der Waals surface area contributed by atoms with E-state index in [4.69, 9.17) is 0 Å². The SMILES string of the molecule is O=C(Cc1ccc2[nH]c(=O)[nH]c2c1)NCc1ccc2[nH]c(=O)[nH]c2c1. The highest BCUT2D eigenvalue weighted by atomic mass is 16.2. The third-order valence-corrected chi connectivity index (χ3v) is 4.02. The Kier molecular flexibility index (Phi) is 3.50. The molecule has 0 unspecified atom stereocenters. The summed E-state index contributed by atoms with van der Waals surface area (Å²) in [7, 11) is 0. The lowest BCUT2D eigenvalue weighted by Crippen LogP contribution is -2.24. The molecule has 126 valence electrons. The molecule has 0 saturated carbocycles. The molecule has 0 aliphatic rings. The van der Waals surface area contributed by atoms with Gasteiger partial charge in [0, 0.05) is 6.54 Å². The molecule has 2 aromatic heterocycles. The number of aromatic nitrogens is 4. The molecule has 0 fully saturated rings. The molecule has 0 spiro atoms. The van der Waals surface area contributed by atoms with E-state index in [9.17, 15) is 14.4 Å². The van der Waals surface area contributed by atoms with Crippen LogP contribution in [-0.4, -0.2) is 25.8 Å². The van der Waals surface area contributed by atoms with E-state index in [0.29, 0.717) is 23.1 Å². The van der Waals surface area contributed by atoms with Crippen molar-refractivity contribution in [2.75, 3.05) is 0 Å². The summed E-state index contributed by atoms with van der Waals surface area (Å²) < 4.78 is 0. The number of H-pyrrole nitrogens is 4. The molecule has 5 N–H and O–H groups in total. The van der Waals surface area contributed by atoms with E-state index in [1.54, 1.807) is 18.2 Å². The van der Waals surface area contributed by atoms with Crippen LogP contribution in [-0.2, 0) is 17.8 Å². The molecule has 0 radical (unpaired) electrons. The van der Waals surface area contributed by atoms with Gasteiger partial charge in [0.2, 0.25) is 5.91 Å². The number of benzene rings is 2. The monoisotopic (exact) mass is 337 g/mol. The van der Waals surface area contributed by atoms with Gasteiger partial charge in [-0.2, -0.15) is 0 Å². The average molecular weight is 337 g/mol. The van der Waals surface area contributed by atoms with Crippen LogP contribution in [0, 0.1) is 0 Å². The normalized spacial score (nSPS) is 11.2. The lowest BCUT2D eigenvalue weighted by molar-refractivity contribution is -0.120. The maximum absolute atomic E-state index is 12.1. The van der Waals surface area contributed by atoms with Crippen LogP contribution in [0.25, 0.3) is 22.1 Å². The number of aromatic amines is 4. The molecule has 0 bridgehead atoms. The van der Waals surface area contributed by atoms with Crippen molar-refractivity contribution in [1.82, 2.24) is 25.3 Å². The van der Waals surface area contributed by atoms with Crippen molar-refractivity contribution in [2.24, 2.45) is 0 Å². The average Bonchev–Trinajstić information content (AvgIpc) is 3.12. The fourth-order valence-corrected chi connectivity index (χ4v) is 2.83. The van der Waals surface area contributed by atoms with E-state index in [0.717, 1.165) is 16.6 Å². The van der Waals surface area contributed by atoms with Crippen LogP contribution < -0.4 is 16.7 Å². The fourth-order valence-electron chi connectivity index (χ4n) is 2.83. The Morgan fingerprint density at radius 3 is 1.92 bits per heavy atom. The minimum Gasteiger partial charge on any atom is -0.352 e. The summed E-state index contributed by atoms with van der Waals surface area (Å²) in [4.78, 5) is 45.4. The minimum absolute atomic E-state index is 0.125. The molecule has 4 aromatic rings. The van der Waals surface area contributed by atoms with Crippen LogP contribution in [0.4, 0.5) is 0 Å². The Bertz CT molecular complexity index is 1190. The number of hydrogen-bond donors (Lipinski definition) is 5. The summed E-state index contributed by atoms with van der Waals surface area (Å²) in [6.45, 7) is 0.366. The predicted molar refractivity (Wildman–Crippen MR) is 93.4 cm³/mol. The Morgan fingerprint density at radius 1 is 0.760 bits per heavy atom. The van der Waals surface area contributed by atoms with Gasteiger partial charge in [0.1, 0.15) is 0 Å². The van der Waals surface area contributed by atoms with Crippen molar-refractivity contribution >= 4 is 28.0 Å². The molecular formula is C17H15N5O3. The summed E-state index contributed by atoms with van der Waals surface area (Å²) in [6.07, 6.45) is 0.215. The minimum atomic E-state index is -0.269. The number of imidazole rings is 2. The third kappa shape index (κ3) is 3.09. The first-order valence-electron chi connectivity index (χ1n) is 7.75. The molecule has 25 heavy (non-hydrogen) atoms. The van der Waals surface area contributed by atoms with E-state index in [1.165, 1.54) is 0 Å². The fraction of sp³-hybridized carbons (Fsp3) is 0.118. The Morgan fingerprint density at radius 2 is 1.28 bits per heavy atom. The number of amides is 1. The molecule has 0 aliphatic carbocycles. The molecular weight excluding hydrogens is 322 g/mol. The van der Waals surface area contributed by atoms with Gasteiger partial charge in [-0.25, -0.2) is 9.59 Å². The van der Waals surface area contributed by atoms with Gasteiger partial charge in [-0.05, 0) is 35.4 Å². The second kappa shape index (κ2) is 5.82. The molecule has 0 atom stereocenters. The molecule has 2 heterocycles. The standard InChI is InChI=1S/C17H15N5O3/c23-15(7-9-1-3-11-13(5-9)21-16(24)19-11)18-8-10-2-4-12-14(6-10)22-17(25)20-12/h1-6H,7-8H2,(H,18,23)(H2,19,21,24)(H2,20,22,25). The van der Waals surface area contributed by atoms with Gasteiger partial charge >= 0.3 is 11.4 Å².